The first-order chi connectivity index (χ1) is 4.88. The molecule has 3 atom stereocenters. The van der Waals surface area contributed by atoms with Crippen molar-refractivity contribution in [2.24, 2.45) is 11.8 Å². The Bertz CT molecular complexity index is 120. The van der Waals surface area contributed by atoms with E-state index in [0.717, 1.165) is 18.4 Å². The van der Waals surface area contributed by atoms with Gasteiger partial charge in [0.25, 0.3) is 0 Å². The van der Waals surface area contributed by atoms with E-state index in [4.69, 9.17) is 4.74 Å². The van der Waals surface area contributed by atoms with Crippen LogP contribution in [0.1, 0.15) is 32.6 Å². The van der Waals surface area contributed by atoms with Crippen molar-refractivity contribution in [3.05, 3.63) is 0 Å². The molecule has 1 saturated heterocycles. The summed E-state index contributed by atoms with van der Waals surface area (Å²) in [5.41, 5.74) is 0. The highest BCUT2D eigenvalue weighted by atomic mass is 16.5. The van der Waals surface area contributed by atoms with Crippen LogP contribution in [0.3, 0.4) is 0 Å². The predicted molar refractivity (Wildman–Crippen MR) is 40.9 cm³/mol. The second kappa shape index (κ2) is 2.54. The van der Waals surface area contributed by atoms with Crippen molar-refractivity contribution >= 4 is 0 Å². The zero-order chi connectivity index (χ0) is 6.97. The second-order valence-electron chi connectivity index (χ2n) is 3.77. The van der Waals surface area contributed by atoms with Crippen molar-refractivity contribution in [2.45, 2.75) is 38.7 Å². The molecule has 1 heterocycles. The molecule has 1 aliphatic heterocycles. The first kappa shape index (κ1) is 6.66. The average Bonchev–Trinajstić information content (AvgIpc) is 2.34. The maximum atomic E-state index is 5.67. The minimum Gasteiger partial charge on any atom is -0.378 e. The van der Waals surface area contributed by atoms with Crippen molar-refractivity contribution in [3.8, 4) is 0 Å². The smallest absolute Gasteiger partial charge is 0.0605 e. The maximum Gasteiger partial charge on any atom is 0.0605 e. The van der Waals surface area contributed by atoms with Gasteiger partial charge in [-0.05, 0) is 37.5 Å². The van der Waals surface area contributed by atoms with Crippen LogP contribution in [-0.2, 0) is 4.74 Å². The molecule has 0 radical (unpaired) electrons. The Hall–Kier alpha value is -0.0400. The van der Waals surface area contributed by atoms with Gasteiger partial charge in [0, 0.05) is 6.61 Å². The Morgan fingerprint density at radius 3 is 2.90 bits per heavy atom. The first-order valence-electron chi connectivity index (χ1n) is 4.49. The molecule has 58 valence electrons. The lowest BCUT2D eigenvalue weighted by Crippen LogP contribution is -2.26. The third-order valence-corrected chi connectivity index (χ3v) is 3.13. The summed E-state index contributed by atoms with van der Waals surface area (Å²) in [5.74, 6) is 1.85. The lowest BCUT2D eigenvalue weighted by molar-refractivity contribution is -0.0171. The molecule has 2 fully saturated rings. The van der Waals surface area contributed by atoms with E-state index in [2.05, 4.69) is 6.92 Å². The van der Waals surface area contributed by atoms with Gasteiger partial charge in [0.1, 0.15) is 0 Å². The molecule has 0 bridgehead atoms. The highest BCUT2D eigenvalue weighted by molar-refractivity contribution is 4.85. The van der Waals surface area contributed by atoms with Gasteiger partial charge in [-0.15, -0.1) is 0 Å². The van der Waals surface area contributed by atoms with Gasteiger partial charge in [0.15, 0.2) is 0 Å². The van der Waals surface area contributed by atoms with E-state index in [-0.39, 0.29) is 0 Å². The quantitative estimate of drug-likeness (QED) is 0.501. The summed E-state index contributed by atoms with van der Waals surface area (Å²) in [5, 5.41) is 0. The van der Waals surface area contributed by atoms with Gasteiger partial charge in [-0.25, -0.2) is 0 Å². The molecule has 1 heteroatoms. The van der Waals surface area contributed by atoms with Gasteiger partial charge < -0.3 is 4.74 Å². The lowest BCUT2D eigenvalue weighted by atomic mass is 9.90. The average molecular weight is 140 g/mol. The highest BCUT2D eigenvalue weighted by Gasteiger charge is 2.35. The largest absolute Gasteiger partial charge is 0.378 e. The molecule has 0 aromatic heterocycles. The summed E-state index contributed by atoms with van der Waals surface area (Å²) in [6.45, 7) is 3.40. The Morgan fingerprint density at radius 2 is 2.10 bits per heavy atom. The van der Waals surface area contributed by atoms with E-state index < -0.39 is 0 Å². The van der Waals surface area contributed by atoms with Gasteiger partial charge >= 0.3 is 0 Å². The standard InChI is InChI=1S/C9H16O/c1-7-4-5-9-8(7)3-2-6-10-9/h7-9H,2-6H2,1H3. The van der Waals surface area contributed by atoms with Crippen LogP contribution < -0.4 is 0 Å². The fraction of sp³-hybridized carbons (Fsp3) is 1.00. The van der Waals surface area contributed by atoms with E-state index in [1.807, 2.05) is 0 Å². The highest BCUT2D eigenvalue weighted by Crippen LogP contribution is 2.39. The molecule has 10 heavy (non-hydrogen) atoms. The Balaban J connectivity index is 2.01. The van der Waals surface area contributed by atoms with E-state index in [0.29, 0.717) is 6.10 Å². The third-order valence-electron chi connectivity index (χ3n) is 3.13. The molecule has 0 amide bonds. The molecule has 0 aromatic rings. The van der Waals surface area contributed by atoms with E-state index in [1.165, 1.54) is 25.7 Å². The minimum absolute atomic E-state index is 0.642. The molecule has 1 aliphatic carbocycles. The molecule has 3 unspecified atom stereocenters. The Kier molecular flexibility index (Phi) is 1.69. The minimum atomic E-state index is 0.642. The summed E-state index contributed by atoms with van der Waals surface area (Å²) in [6, 6.07) is 0. The Morgan fingerprint density at radius 1 is 1.20 bits per heavy atom. The molecule has 0 spiro atoms. The monoisotopic (exact) mass is 140 g/mol. The van der Waals surface area contributed by atoms with Crippen LogP contribution in [-0.4, -0.2) is 12.7 Å². The lowest BCUT2D eigenvalue weighted by Gasteiger charge is -2.27. The maximum absolute atomic E-state index is 5.67. The van der Waals surface area contributed by atoms with Gasteiger partial charge in [-0.1, -0.05) is 6.92 Å². The van der Waals surface area contributed by atoms with Crippen LogP contribution in [0.25, 0.3) is 0 Å². The molecular formula is C9H16O. The SMILES string of the molecule is CC1CCC2OCCCC12. The van der Waals surface area contributed by atoms with Crippen LogP contribution in [0.15, 0.2) is 0 Å². The number of fused-ring (bicyclic) bond motifs is 1. The summed E-state index contributed by atoms with van der Waals surface area (Å²) in [6.07, 6.45) is 6.09. The van der Waals surface area contributed by atoms with Crippen molar-refractivity contribution in [2.75, 3.05) is 6.61 Å². The van der Waals surface area contributed by atoms with Crippen LogP contribution in [0, 0.1) is 11.8 Å². The fourth-order valence-electron chi connectivity index (χ4n) is 2.45. The number of rotatable bonds is 0. The zero-order valence-electron chi connectivity index (χ0n) is 6.68. The van der Waals surface area contributed by atoms with Crippen LogP contribution >= 0.6 is 0 Å². The summed E-state index contributed by atoms with van der Waals surface area (Å²) in [4.78, 5) is 0. The molecule has 0 N–H and O–H groups in total. The molecule has 2 aliphatic rings. The third kappa shape index (κ3) is 0.968. The zero-order valence-corrected chi connectivity index (χ0v) is 6.68. The van der Waals surface area contributed by atoms with E-state index >= 15 is 0 Å². The normalized spacial score (nSPS) is 47.1. The summed E-state index contributed by atoms with van der Waals surface area (Å²) < 4.78 is 5.67. The van der Waals surface area contributed by atoms with Gasteiger partial charge in [-0.2, -0.15) is 0 Å². The summed E-state index contributed by atoms with van der Waals surface area (Å²) in [7, 11) is 0. The van der Waals surface area contributed by atoms with Crippen LogP contribution in [0.2, 0.25) is 0 Å². The predicted octanol–water partition coefficient (Wildman–Crippen LogP) is 2.21. The number of hydrogen-bond acceptors (Lipinski definition) is 1. The molecular weight excluding hydrogens is 124 g/mol. The van der Waals surface area contributed by atoms with E-state index in [1.54, 1.807) is 0 Å². The Labute approximate surface area is 62.8 Å². The van der Waals surface area contributed by atoms with Crippen LogP contribution in [0.5, 0.6) is 0 Å². The van der Waals surface area contributed by atoms with Crippen molar-refractivity contribution < 1.29 is 4.74 Å². The number of ether oxygens (including phenoxy) is 1. The van der Waals surface area contributed by atoms with E-state index in [9.17, 15) is 0 Å². The molecule has 0 aromatic carbocycles. The van der Waals surface area contributed by atoms with Gasteiger partial charge in [0.2, 0.25) is 0 Å². The summed E-state index contributed by atoms with van der Waals surface area (Å²) >= 11 is 0. The topological polar surface area (TPSA) is 9.23 Å². The second-order valence-corrected chi connectivity index (χ2v) is 3.77. The van der Waals surface area contributed by atoms with Crippen molar-refractivity contribution in [1.29, 1.82) is 0 Å². The first-order valence-corrected chi connectivity index (χ1v) is 4.49. The van der Waals surface area contributed by atoms with Crippen LogP contribution in [0.4, 0.5) is 0 Å². The molecule has 1 nitrogen and oxygen atoms in total. The van der Waals surface area contributed by atoms with Crippen molar-refractivity contribution in [1.82, 2.24) is 0 Å². The van der Waals surface area contributed by atoms with Gasteiger partial charge in [0.05, 0.1) is 6.10 Å². The molecule has 2 rings (SSSR count). The number of hydrogen-bond donors (Lipinski definition) is 0. The van der Waals surface area contributed by atoms with Crippen molar-refractivity contribution in [3.63, 3.8) is 0 Å². The fourth-order valence-corrected chi connectivity index (χ4v) is 2.45. The molecule has 1 saturated carbocycles. The van der Waals surface area contributed by atoms with Gasteiger partial charge in [-0.3, -0.25) is 0 Å².